The van der Waals surface area contributed by atoms with Crippen LogP contribution >= 0.6 is 0 Å². The van der Waals surface area contributed by atoms with Crippen molar-refractivity contribution in [2.75, 3.05) is 7.11 Å². The summed E-state index contributed by atoms with van der Waals surface area (Å²) in [6.07, 6.45) is 0. The summed E-state index contributed by atoms with van der Waals surface area (Å²) in [6, 6.07) is 11.9. The highest BCUT2D eigenvalue weighted by Gasteiger charge is 2.40. The Hall–Kier alpha value is -1.98. The van der Waals surface area contributed by atoms with Gasteiger partial charge in [0.1, 0.15) is 5.75 Å². The second-order valence-electron chi connectivity index (χ2n) is 6.26. The first kappa shape index (κ1) is 15.4. The number of ether oxygens (including phenoxy) is 1. The first-order chi connectivity index (χ1) is 9.81. The minimum atomic E-state index is -1.17. The molecule has 0 spiro atoms. The van der Waals surface area contributed by atoms with Crippen LogP contribution in [0.4, 0.5) is 0 Å². The predicted octanol–water partition coefficient (Wildman–Crippen LogP) is 4.11. The maximum absolute atomic E-state index is 11.1. The summed E-state index contributed by atoms with van der Waals surface area (Å²) in [7, 11) is 1.66. The van der Waals surface area contributed by atoms with Crippen molar-refractivity contribution in [3.05, 3.63) is 42.0 Å². The highest BCUT2D eigenvalue weighted by molar-refractivity contribution is 5.85. The smallest absolute Gasteiger partial charge is 0.155 e. The predicted molar refractivity (Wildman–Crippen MR) is 87.3 cm³/mol. The lowest BCUT2D eigenvalue weighted by atomic mass is 9.72. The van der Waals surface area contributed by atoms with Crippen molar-refractivity contribution in [2.45, 2.75) is 33.3 Å². The van der Waals surface area contributed by atoms with Crippen LogP contribution in [-0.4, -0.2) is 12.2 Å². The Balaban J connectivity index is 2.62. The minimum absolute atomic E-state index is 0.379. The zero-order valence-corrected chi connectivity index (χ0v) is 13.3. The third-order valence-electron chi connectivity index (χ3n) is 3.86. The van der Waals surface area contributed by atoms with Crippen LogP contribution in [0.25, 0.3) is 10.8 Å². The molecule has 0 fully saturated rings. The van der Waals surface area contributed by atoms with Gasteiger partial charge in [0.05, 0.1) is 7.11 Å². The maximum atomic E-state index is 11.1. The quantitative estimate of drug-likeness (QED) is 0.840. The molecule has 0 aliphatic rings. The Labute approximate surface area is 126 Å². The molecule has 2 heteroatoms. The summed E-state index contributed by atoms with van der Waals surface area (Å²) < 4.78 is 5.24. The number of fused-ring (bicyclic) bond motifs is 1. The number of benzene rings is 2. The zero-order chi connectivity index (χ0) is 15.7. The molecule has 0 bridgehead atoms. The van der Waals surface area contributed by atoms with Crippen molar-refractivity contribution < 1.29 is 9.84 Å². The van der Waals surface area contributed by atoms with Gasteiger partial charge in [0.15, 0.2) is 5.60 Å². The Morgan fingerprint density at radius 1 is 1.00 bits per heavy atom. The van der Waals surface area contributed by atoms with E-state index in [9.17, 15) is 5.11 Å². The van der Waals surface area contributed by atoms with Gasteiger partial charge >= 0.3 is 0 Å². The Morgan fingerprint density at radius 3 is 2.19 bits per heavy atom. The van der Waals surface area contributed by atoms with Crippen LogP contribution in [-0.2, 0) is 5.60 Å². The van der Waals surface area contributed by atoms with Gasteiger partial charge in [-0.15, -0.1) is 5.92 Å². The van der Waals surface area contributed by atoms with Crippen molar-refractivity contribution in [1.29, 1.82) is 0 Å². The molecular formula is C19H22O2. The van der Waals surface area contributed by atoms with Gasteiger partial charge in [-0.05, 0) is 41.5 Å². The van der Waals surface area contributed by atoms with Gasteiger partial charge in [0, 0.05) is 5.41 Å². The second-order valence-corrected chi connectivity index (χ2v) is 6.26. The number of rotatable bonds is 2. The van der Waals surface area contributed by atoms with E-state index in [0.717, 1.165) is 22.1 Å². The van der Waals surface area contributed by atoms with E-state index in [1.54, 1.807) is 14.0 Å². The summed E-state index contributed by atoms with van der Waals surface area (Å²) in [5.74, 6) is 6.67. The van der Waals surface area contributed by atoms with Gasteiger partial charge in [-0.2, -0.15) is 0 Å². The van der Waals surface area contributed by atoms with Gasteiger partial charge in [-0.25, -0.2) is 0 Å². The van der Waals surface area contributed by atoms with Gasteiger partial charge in [-0.1, -0.05) is 44.9 Å². The number of hydrogen-bond acceptors (Lipinski definition) is 2. The monoisotopic (exact) mass is 282 g/mol. The zero-order valence-electron chi connectivity index (χ0n) is 13.3. The van der Waals surface area contributed by atoms with E-state index in [2.05, 4.69) is 11.8 Å². The third-order valence-corrected chi connectivity index (χ3v) is 3.86. The van der Waals surface area contributed by atoms with Crippen molar-refractivity contribution in [2.24, 2.45) is 5.41 Å². The molecule has 0 saturated carbocycles. The topological polar surface area (TPSA) is 29.5 Å². The molecule has 1 atom stereocenters. The highest BCUT2D eigenvalue weighted by Crippen LogP contribution is 2.40. The molecule has 0 radical (unpaired) electrons. The van der Waals surface area contributed by atoms with E-state index in [1.165, 1.54) is 0 Å². The first-order valence-electron chi connectivity index (χ1n) is 7.06. The molecular weight excluding hydrogens is 260 g/mol. The Morgan fingerprint density at radius 2 is 1.62 bits per heavy atom. The summed E-state index contributed by atoms with van der Waals surface area (Å²) >= 11 is 0. The normalized spacial score (nSPS) is 14.2. The van der Waals surface area contributed by atoms with Crippen LogP contribution in [0.15, 0.2) is 36.4 Å². The number of methoxy groups -OCH3 is 1. The molecule has 110 valence electrons. The van der Waals surface area contributed by atoms with Crippen LogP contribution in [0, 0.1) is 17.3 Å². The summed E-state index contributed by atoms with van der Waals surface area (Å²) in [5, 5.41) is 13.2. The lowest BCUT2D eigenvalue weighted by Crippen LogP contribution is -2.38. The minimum Gasteiger partial charge on any atom is -0.497 e. The van der Waals surface area contributed by atoms with E-state index in [4.69, 9.17) is 4.74 Å². The third kappa shape index (κ3) is 2.75. The molecule has 0 aliphatic heterocycles. The second kappa shape index (κ2) is 5.42. The van der Waals surface area contributed by atoms with Gasteiger partial charge < -0.3 is 9.84 Å². The highest BCUT2D eigenvalue weighted by atomic mass is 16.5. The maximum Gasteiger partial charge on any atom is 0.155 e. The largest absolute Gasteiger partial charge is 0.497 e. The van der Waals surface area contributed by atoms with Crippen LogP contribution in [0.5, 0.6) is 5.75 Å². The number of hydrogen-bond donors (Lipinski definition) is 1. The molecule has 2 aromatic carbocycles. The lowest BCUT2D eigenvalue weighted by Gasteiger charge is -2.36. The van der Waals surface area contributed by atoms with Crippen molar-refractivity contribution in [3.63, 3.8) is 0 Å². The van der Waals surface area contributed by atoms with E-state index >= 15 is 0 Å². The number of aliphatic hydroxyl groups is 1. The van der Waals surface area contributed by atoms with Crippen molar-refractivity contribution >= 4 is 10.8 Å². The van der Waals surface area contributed by atoms with E-state index < -0.39 is 5.60 Å². The molecule has 2 aromatic rings. The molecule has 0 amide bonds. The van der Waals surface area contributed by atoms with Crippen molar-refractivity contribution in [1.82, 2.24) is 0 Å². The molecule has 21 heavy (non-hydrogen) atoms. The molecule has 0 heterocycles. The molecule has 0 aliphatic carbocycles. The Bertz CT molecular complexity index is 714. The van der Waals surface area contributed by atoms with E-state index in [-0.39, 0.29) is 5.41 Å². The van der Waals surface area contributed by atoms with Crippen LogP contribution in [0.1, 0.15) is 33.3 Å². The van der Waals surface area contributed by atoms with Gasteiger partial charge in [0.2, 0.25) is 0 Å². The average Bonchev–Trinajstić information content (AvgIpc) is 2.45. The molecule has 2 nitrogen and oxygen atoms in total. The SMILES string of the molecule is CC#C[C@@](O)(c1ccc2cc(OC)ccc2c1)C(C)(C)C. The fourth-order valence-corrected chi connectivity index (χ4v) is 2.45. The standard InChI is InChI=1S/C19H22O2/c1-6-11-19(20,18(2,3)4)16-9-7-15-13-17(21-5)10-8-14(15)12-16/h7-10,12-13,20H,1-5H3/t19-/m1/s1. The fraction of sp³-hybridized carbons (Fsp3) is 0.368. The van der Waals surface area contributed by atoms with Crippen LogP contribution in [0.2, 0.25) is 0 Å². The summed E-state index contributed by atoms with van der Waals surface area (Å²) in [4.78, 5) is 0. The van der Waals surface area contributed by atoms with E-state index in [1.807, 2.05) is 57.2 Å². The van der Waals surface area contributed by atoms with Crippen LogP contribution < -0.4 is 4.74 Å². The fourth-order valence-electron chi connectivity index (χ4n) is 2.45. The molecule has 0 unspecified atom stereocenters. The first-order valence-corrected chi connectivity index (χ1v) is 7.06. The summed E-state index contributed by atoms with van der Waals surface area (Å²) in [5.41, 5.74) is -0.728. The summed E-state index contributed by atoms with van der Waals surface area (Å²) in [6.45, 7) is 7.74. The molecule has 1 N–H and O–H groups in total. The van der Waals surface area contributed by atoms with Crippen LogP contribution in [0.3, 0.4) is 0 Å². The van der Waals surface area contributed by atoms with E-state index in [0.29, 0.717) is 0 Å². The van der Waals surface area contributed by atoms with Gasteiger partial charge in [-0.3, -0.25) is 0 Å². The lowest BCUT2D eigenvalue weighted by molar-refractivity contribution is -0.00893. The van der Waals surface area contributed by atoms with Crippen molar-refractivity contribution in [3.8, 4) is 17.6 Å². The Kier molecular flexibility index (Phi) is 3.98. The molecule has 2 rings (SSSR count). The van der Waals surface area contributed by atoms with Gasteiger partial charge in [0.25, 0.3) is 0 Å². The molecule has 0 aromatic heterocycles. The average molecular weight is 282 g/mol. The molecule has 0 saturated heterocycles.